The van der Waals surface area contributed by atoms with E-state index in [-0.39, 0.29) is 105 Å². The molecule has 263 valence electrons. The Hall–Kier alpha value is -2.59. The Morgan fingerprint density at radius 2 is 0.826 bits per heavy atom. The molecule has 5 N–H and O–H groups in total. The second kappa shape index (κ2) is 26.5. The van der Waals surface area contributed by atoms with Crippen LogP contribution in [0.4, 0.5) is 0 Å². The molecule has 0 aromatic rings. The minimum absolute atomic E-state index is 0. The van der Waals surface area contributed by atoms with Gasteiger partial charge in [0.05, 0.1) is 59.0 Å². The summed E-state index contributed by atoms with van der Waals surface area (Å²) < 4.78 is 9.69. The van der Waals surface area contributed by atoms with Crippen LogP contribution in [0.25, 0.3) is 0 Å². The topological polar surface area (TPSA) is 239 Å². The van der Waals surface area contributed by atoms with E-state index in [1.165, 1.54) is 43.0 Å². The van der Waals surface area contributed by atoms with E-state index in [4.69, 9.17) is 9.47 Å². The zero-order chi connectivity index (χ0) is 34.4. The molecule has 0 aliphatic heterocycles. The van der Waals surface area contributed by atoms with E-state index < -0.39 is 61.2 Å². The first-order valence-electron chi connectivity index (χ1n) is 14.0. The van der Waals surface area contributed by atoms with Crippen LogP contribution in [-0.2, 0) is 43.0 Å². The Bertz CT molecular complexity index is 923. The molecular formula is C26H47GdN7O12+3. The van der Waals surface area contributed by atoms with E-state index in [1.807, 2.05) is 0 Å². The number of carbonyl (C=O) groups excluding carboxylic acids is 4. The maximum atomic E-state index is 12.7. The summed E-state index contributed by atoms with van der Waals surface area (Å²) in [5.41, 5.74) is 0. The van der Waals surface area contributed by atoms with Gasteiger partial charge in [0.15, 0.2) is 0 Å². The zero-order valence-corrected chi connectivity index (χ0v) is 29.0. The number of hydrogen-bond acceptors (Lipinski definition) is 12. The van der Waals surface area contributed by atoms with Crippen LogP contribution in [0.5, 0.6) is 0 Å². The van der Waals surface area contributed by atoms with Gasteiger partial charge >= 0.3 is 57.8 Å². The van der Waals surface area contributed by atoms with Gasteiger partial charge in [0.2, 0.25) is 23.6 Å². The van der Waals surface area contributed by atoms with Crippen molar-refractivity contribution in [2.45, 2.75) is 0 Å². The second-order valence-electron chi connectivity index (χ2n) is 10.1. The summed E-state index contributed by atoms with van der Waals surface area (Å²) in [5, 5.41) is 33.2. The Balaban J connectivity index is 0. The van der Waals surface area contributed by atoms with Crippen molar-refractivity contribution >= 4 is 41.5 Å². The number of carbonyl (C=O) groups is 7. The number of carboxylic acid groups (broad SMARTS) is 3. The molecule has 46 heavy (non-hydrogen) atoms. The van der Waals surface area contributed by atoms with Crippen LogP contribution < -0.4 is 10.6 Å². The molecule has 4 amide bonds. The quantitative estimate of drug-likeness (QED) is 0.0519. The van der Waals surface area contributed by atoms with Gasteiger partial charge in [0, 0.05) is 67.6 Å². The molecule has 0 aliphatic rings. The molecule has 0 rings (SSSR count). The second-order valence-corrected chi connectivity index (χ2v) is 10.1. The summed E-state index contributed by atoms with van der Waals surface area (Å²) in [7, 11) is 5.72. The van der Waals surface area contributed by atoms with Gasteiger partial charge in [-0.3, -0.25) is 48.3 Å². The van der Waals surface area contributed by atoms with E-state index in [9.17, 15) is 48.9 Å². The summed E-state index contributed by atoms with van der Waals surface area (Å²) in [6.45, 7) is -1.82. The summed E-state index contributed by atoms with van der Waals surface area (Å²) in [5.74, 6) is -5.58. The van der Waals surface area contributed by atoms with Crippen molar-refractivity contribution in [2.75, 3.05) is 127 Å². The smallest absolute Gasteiger partial charge is 0.480 e. The Labute approximate surface area is 300 Å². The van der Waals surface area contributed by atoms with E-state index in [0.717, 1.165) is 9.80 Å². The molecule has 19 nitrogen and oxygen atoms in total. The number of likely N-dealkylation sites (N-methyl/N-ethyl adjacent to an activating group) is 2. The average Bonchev–Trinajstić information content (AvgIpc) is 2.93. The van der Waals surface area contributed by atoms with E-state index in [0.29, 0.717) is 13.2 Å². The minimum Gasteiger partial charge on any atom is -0.480 e. The standard InChI is InChI=1S/C26H47N7O12.Gd/c1-29(13-20(34)27-5-11-44-3)22(36)15-32(18-25(40)41)9-7-31(17-24(38)39)8-10-33(19-26(42)43)16-23(37)30(2)14-21(35)28-6-12-45-4;/h5-19H2,1-4H3,(H,27,34)(H,28,35)(H,38,39)(H,40,41)(H,42,43);/q;+3. The number of hydrogen-bond donors (Lipinski definition) is 5. The minimum atomic E-state index is -1.23. The number of amides is 4. The Morgan fingerprint density at radius 3 is 1.13 bits per heavy atom. The maximum Gasteiger partial charge on any atom is 3.00 e. The van der Waals surface area contributed by atoms with Gasteiger partial charge in [-0.25, -0.2) is 0 Å². The van der Waals surface area contributed by atoms with E-state index in [2.05, 4.69) is 10.6 Å². The summed E-state index contributed by atoms with van der Waals surface area (Å²) in [6.07, 6.45) is 0. The number of nitrogens with one attached hydrogen (secondary N) is 2. The van der Waals surface area contributed by atoms with Crippen LogP contribution in [0.3, 0.4) is 0 Å². The van der Waals surface area contributed by atoms with Crippen LogP contribution in [0, 0.1) is 39.9 Å². The summed E-state index contributed by atoms with van der Waals surface area (Å²) in [6, 6.07) is 0. The van der Waals surface area contributed by atoms with Crippen molar-refractivity contribution in [1.29, 1.82) is 0 Å². The van der Waals surface area contributed by atoms with Crippen molar-refractivity contribution < 1.29 is 98.3 Å². The number of nitrogens with zero attached hydrogens (tertiary/aromatic N) is 5. The third-order valence-electron chi connectivity index (χ3n) is 6.13. The first-order chi connectivity index (χ1) is 21.2. The number of aliphatic carboxylic acids is 3. The molecule has 0 bridgehead atoms. The van der Waals surface area contributed by atoms with E-state index >= 15 is 0 Å². The molecule has 0 saturated heterocycles. The average molecular weight is 807 g/mol. The predicted molar refractivity (Wildman–Crippen MR) is 157 cm³/mol. The molecule has 0 heterocycles. The van der Waals surface area contributed by atoms with Crippen LogP contribution in [0.1, 0.15) is 0 Å². The number of rotatable bonds is 26. The predicted octanol–water partition coefficient (Wildman–Crippen LogP) is -4.41. The van der Waals surface area contributed by atoms with Crippen LogP contribution in [-0.4, -0.2) is 208 Å². The van der Waals surface area contributed by atoms with Crippen molar-refractivity contribution in [2.24, 2.45) is 0 Å². The third kappa shape index (κ3) is 23.7. The van der Waals surface area contributed by atoms with Gasteiger partial charge in [-0.2, -0.15) is 0 Å². The molecule has 0 spiro atoms. The van der Waals surface area contributed by atoms with Gasteiger partial charge in [-0.05, 0) is 0 Å². The number of carboxylic acids is 3. The largest absolute Gasteiger partial charge is 3.00 e. The zero-order valence-electron chi connectivity index (χ0n) is 26.7. The first-order valence-corrected chi connectivity index (χ1v) is 14.0. The van der Waals surface area contributed by atoms with Gasteiger partial charge < -0.3 is 45.2 Å². The molecule has 0 atom stereocenters. The Kier molecular flexibility index (Phi) is 26.2. The van der Waals surface area contributed by atoms with Gasteiger partial charge in [-0.15, -0.1) is 0 Å². The summed E-state index contributed by atoms with van der Waals surface area (Å²) in [4.78, 5) is 90.0. The molecule has 1 radical (unpaired) electrons. The van der Waals surface area contributed by atoms with Crippen molar-refractivity contribution in [1.82, 2.24) is 35.1 Å². The Morgan fingerprint density at radius 1 is 0.522 bits per heavy atom. The normalized spacial score (nSPS) is 10.8. The molecule has 0 aromatic heterocycles. The van der Waals surface area contributed by atoms with Crippen LogP contribution in [0.15, 0.2) is 0 Å². The first kappa shape index (κ1) is 45.5. The molecule has 0 fully saturated rings. The van der Waals surface area contributed by atoms with Crippen LogP contribution in [0.2, 0.25) is 0 Å². The number of ether oxygens (including phenoxy) is 2. The fraction of sp³-hybridized carbons (Fsp3) is 0.731. The van der Waals surface area contributed by atoms with Gasteiger partial charge in [0.25, 0.3) is 0 Å². The van der Waals surface area contributed by atoms with Gasteiger partial charge in [0.1, 0.15) is 0 Å². The van der Waals surface area contributed by atoms with Crippen molar-refractivity contribution in [3.8, 4) is 0 Å². The molecule has 0 saturated carbocycles. The van der Waals surface area contributed by atoms with E-state index in [1.54, 1.807) is 0 Å². The third-order valence-corrected chi connectivity index (χ3v) is 6.13. The monoisotopic (exact) mass is 807 g/mol. The fourth-order valence-corrected chi connectivity index (χ4v) is 3.77. The fourth-order valence-electron chi connectivity index (χ4n) is 3.77. The van der Waals surface area contributed by atoms with Crippen LogP contribution >= 0.6 is 0 Å². The SMILES string of the molecule is COCCNC(=O)CN(C)C(=O)CN(CCN(CCN(CC(=O)O)CC(=O)N(C)CC(=O)NCCOC)CC(=O)O)CC(=O)O.[Gd+3]. The summed E-state index contributed by atoms with van der Waals surface area (Å²) >= 11 is 0. The van der Waals surface area contributed by atoms with Crippen molar-refractivity contribution in [3.63, 3.8) is 0 Å². The molecular weight excluding hydrogens is 760 g/mol. The van der Waals surface area contributed by atoms with Crippen molar-refractivity contribution in [3.05, 3.63) is 0 Å². The maximum absolute atomic E-state index is 12.7. The molecule has 0 aliphatic carbocycles. The van der Waals surface area contributed by atoms with Gasteiger partial charge in [-0.1, -0.05) is 0 Å². The molecule has 0 unspecified atom stereocenters. The number of methoxy groups -OCH3 is 2. The molecule has 20 heteroatoms. The molecule has 0 aromatic carbocycles.